The molecular weight excluding hydrogens is 384 g/mol. The summed E-state index contributed by atoms with van der Waals surface area (Å²) in [6, 6.07) is 10.3. The third kappa shape index (κ3) is 4.70. The first kappa shape index (κ1) is 21.5. The zero-order chi connectivity index (χ0) is 21.3. The molecule has 1 aliphatic rings. The molecule has 1 saturated heterocycles. The number of benzene rings is 2. The summed E-state index contributed by atoms with van der Waals surface area (Å²) in [7, 11) is -3.55. The molecule has 1 N–H and O–H groups in total. The van der Waals surface area contributed by atoms with Gasteiger partial charge in [-0.3, -0.25) is 4.79 Å². The van der Waals surface area contributed by atoms with Crippen molar-refractivity contribution >= 4 is 21.6 Å². The molecule has 2 aromatic carbocycles. The van der Waals surface area contributed by atoms with Gasteiger partial charge in [-0.2, -0.15) is 4.31 Å². The standard InChI is InChI=1S/C23H30N2O3S/c1-15-11-18(4)22(19(5)12-15)24-23(26)20-6-8-21(9-7-20)29(27,28)25-13-16(2)10-17(3)14-25/h6-9,11-12,16-17H,10,13-14H2,1-5H3,(H,24,26)/t16-,17-/m1/s1. The molecule has 0 aliphatic carbocycles. The van der Waals surface area contributed by atoms with Crippen LogP contribution in [0.4, 0.5) is 5.69 Å². The lowest BCUT2D eigenvalue weighted by molar-refractivity contribution is 0.102. The number of carbonyl (C=O) groups excluding carboxylic acids is 1. The highest BCUT2D eigenvalue weighted by Gasteiger charge is 2.31. The van der Waals surface area contributed by atoms with E-state index in [0.29, 0.717) is 30.5 Å². The highest BCUT2D eigenvalue weighted by molar-refractivity contribution is 7.89. The van der Waals surface area contributed by atoms with Crippen LogP contribution >= 0.6 is 0 Å². The number of nitrogens with zero attached hydrogens (tertiary/aromatic N) is 1. The molecule has 1 aliphatic heterocycles. The summed E-state index contributed by atoms with van der Waals surface area (Å²) in [4.78, 5) is 12.9. The predicted octanol–water partition coefficient (Wildman–Crippen LogP) is 4.53. The van der Waals surface area contributed by atoms with E-state index in [0.717, 1.165) is 28.8 Å². The van der Waals surface area contributed by atoms with Gasteiger partial charge in [0.2, 0.25) is 10.0 Å². The van der Waals surface area contributed by atoms with Gasteiger partial charge in [0.25, 0.3) is 5.91 Å². The maximum atomic E-state index is 13.0. The summed E-state index contributed by atoms with van der Waals surface area (Å²) >= 11 is 0. The summed E-state index contributed by atoms with van der Waals surface area (Å²) in [5.41, 5.74) is 4.39. The summed E-state index contributed by atoms with van der Waals surface area (Å²) in [5, 5.41) is 2.96. The van der Waals surface area contributed by atoms with Gasteiger partial charge < -0.3 is 5.32 Å². The number of rotatable bonds is 4. The zero-order valence-electron chi connectivity index (χ0n) is 17.8. The second-order valence-corrected chi connectivity index (χ2v) is 10.5. The van der Waals surface area contributed by atoms with Crippen molar-refractivity contribution in [1.82, 2.24) is 4.31 Å². The minimum absolute atomic E-state index is 0.234. The molecule has 1 heterocycles. The Morgan fingerprint density at radius 3 is 2.00 bits per heavy atom. The molecule has 2 atom stereocenters. The van der Waals surface area contributed by atoms with Crippen molar-refractivity contribution < 1.29 is 13.2 Å². The van der Waals surface area contributed by atoms with Gasteiger partial charge in [0.05, 0.1) is 4.90 Å². The highest BCUT2D eigenvalue weighted by atomic mass is 32.2. The minimum Gasteiger partial charge on any atom is -0.322 e. The summed E-state index contributed by atoms with van der Waals surface area (Å²) in [6.45, 7) is 11.2. The molecule has 1 amide bonds. The number of nitrogens with one attached hydrogen (secondary N) is 1. The molecule has 0 aromatic heterocycles. The number of amides is 1. The second-order valence-electron chi connectivity index (χ2n) is 8.52. The maximum Gasteiger partial charge on any atom is 0.255 e. The van der Waals surface area contributed by atoms with Gasteiger partial charge in [0.15, 0.2) is 0 Å². The summed E-state index contributed by atoms with van der Waals surface area (Å²) < 4.78 is 27.6. The third-order valence-electron chi connectivity index (χ3n) is 5.51. The topological polar surface area (TPSA) is 66.5 Å². The molecule has 1 fully saturated rings. The average molecular weight is 415 g/mol. The normalized spacial score (nSPS) is 20.4. The van der Waals surface area contributed by atoms with Gasteiger partial charge in [-0.05, 0) is 74.4 Å². The third-order valence-corrected chi connectivity index (χ3v) is 7.35. The molecule has 3 rings (SSSR count). The fraction of sp³-hybridized carbons (Fsp3) is 0.435. The van der Waals surface area contributed by atoms with Gasteiger partial charge in [-0.25, -0.2) is 8.42 Å². The molecule has 0 saturated carbocycles. The summed E-state index contributed by atoms with van der Waals surface area (Å²) in [5.74, 6) is 0.448. The van der Waals surface area contributed by atoms with Crippen molar-refractivity contribution in [3.63, 3.8) is 0 Å². The fourth-order valence-electron chi connectivity index (χ4n) is 4.29. The number of aryl methyl sites for hydroxylation is 3. The average Bonchev–Trinajstić information content (AvgIpc) is 2.63. The number of sulfonamides is 1. The molecular formula is C23H30N2O3S. The van der Waals surface area contributed by atoms with Gasteiger partial charge in [-0.1, -0.05) is 31.5 Å². The first-order valence-electron chi connectivity index (χ1n) is 10.1. The minimum atomic E-state index is -3.55. The largest absolute Gasteiger partial charge is 0.322 e. The lowest BCUT2D eigenvalue weighted by Gasteiger charge is -2.34. The van der Waals surface area contributed by atoms with E-state index in [1.165, 1.54) is 12.1 Å². The van der Waals surface area contributed by atoms with E-state index in [-0.39, 0.29) is 10.8 Å². The lowest BCUT2D eigenvalue weighted by Crippen LogP contribution is -2.42. The Hall–Kier alpha value is -2.18. The number of piperidine rings is 1. The van der Waals surface area contributed by atoms with Gasteiger partial charge in [0, 0.05) is 24.3 Å². The quantitative estimate of drug-likeness (QED) is 0.799. The van der Waals surface area contributed by atoms with Gasteiger partial charge in [-0.15, -0.1) is 0 Å². The van der Waals surface area contributed by atoms with Crippen molar-refractivity contribution in [2.75, 3.05) is 18.4 Å². The van der Waals surface area contributed by atoms with E-state index in [2.05, 4.69) is 19.2 Å². The van der Waals surface area contributed by atoms with E-state index in [1.54, 1.807) is 16.4 Å². The van der Waals surface area contributed by atoms with E-state index in [1.807, 2.05) is 32.9 Å². The van der Waals surface area contributed by atoms with E-state index in [9.17, 15) is 13.2 Å². The molecule has 5 nitrogen and oxygen atoms in total. The van der Waals surface area contributed by atoms with Crippen LogP contribution in [0.15, 0.2) is 41.3 Å². The Morgan fingerprint density at radius 2 is 1.48 bits per heavy atom. The molecule has 156 valence electrons. The zero-order valence-corrected chi connectivity index (χ0v) is 18.6. The maximum absolute atomic E-state index is 13.0. The van der Waals surface area contributed by atoms with E-state index >= 15 is 0 Å². The number of hydrogen-bond acceptors (Lipinski definition) is 3. The van der Waals surface area contributed by atoms with Gasteiger partial charge in [0.1, 0.15) is 0 Å². The van der Waals surface area contributed by atoms with Crippen LogP contribution in [-0.4, -0.2) is 31.7 Å². The molecule has 0 unspecified atom stereocenters. The number of carbonyl (C=O) groups is 1. The Kier molecular flexibility index (Phi) is 6.15. The van der Waals surface area contributed by atoms with E-state index < -0.39 is 10.0 Å². The molecule has 6 heteroatoms. The van der Waals surface area contributed by atoms with Crippen LogP contribution in [-0.2, 0) is 10.0 Å². The van der Waals surface area contributed by atoms with Crippen LogP contribution in [0.3, 0.4) is 0 Å². The molecule has 29 heavy (non-hydrogen) atoms. The number of anilines is 1. The monoisotopic (exact) mass is 414 g/mol. The molecule has 0 radical (unpaired) electrons. The Balaban J connectivity index is 1.78. The first-order valence-corrected chi connectivity index (χ1v) is 11.5. The second kappa shape index (κ2) is 8.28. The van der Waals surface area contributed by atoms with Crippen molar-refractivity contribution in [2.24, 2.45) is 11.8 Å². The van der Waals surface area contributed by atoms with Crippen LogP contribution in [0.25, 0.3) is 0 Å². The molecule has 2 aromatic rings. The highest BCUT2D eigenvalue weighted by Crippen LogP contribution is 2.27. The fourth-order valence-corrected chi connectivity index (χ4v) is 5.97. The Labute approximate surface area is 174 Å². The smallest absolute Gasteiger partial charge is 0.255 e. The van der Waals surface area contributed by atoms with Crippen molar-refractivity contribution in [2.45, 2.75) is 45.9 Å². The van der Waals surface area contributed by atoms with Crippen LogP contribution in [0.1, 0.15) is 47.3 Å². The molecule has 0 spiro atoms. The van der Waals surface area contributed by atoms with Crippen LogP contribution in [0.2, 0.25) is 0 Å². The predicted molar refractivity (Wildman–Crippen MR) is 117 cm³/mol. The number of hydrogen-bond donors (Lipinski definition) is 1. The van der Waals surface area contributed by atoms with Crippen molar-refractivity contribution in [3.8, 4) is 0 Å². The van der Waals surface area contributed by atoms with Crippen molar-refractivity contribution in [1.29, 1.82) is 0 Å². The Morgan fingerprint density at radius 1 is 0.966 bits per heavy atom. The van der Waals surface area contributed by atoms with Gasteiger partial charge >= 0.3 is 0 Å². The summed E-state index contributed by atoms with van der Waals surface area (Å²) in [6.07, 6.45) is 1.04. The lowest BCUT2D eigenvalue weighted by atomic mass is 9.94. The molecule has 0 bridgehead atoms. The Bertz CT molecular complexity index is 980. The van der Waals surface area contributed by atoms with E-state index in [4.69, 9.17) is 0 Å². The van der Waals surface area contributed by atoms with Crippen molar-refractivity contribution in [3.05, 3.63) is 58.7 Å². The van der Waals surface area contributed by atoms with Crippen LogP contribution < -0.4 is 5.32 Å². The SMILES string of the molecule is Cc1cc(C)c(NC(=O)c2ccc(S(=O)(=O)N3C[C@H](C)C[C@@H](C)C3)cc2)c(C)c1. The van der Waals surface area contributed by atoms with Crippen LogP contribution in [0, 0.1) is 32.6 Å². The van der Waals surface area contributed by atoms with Crippen LogP contribution in [0.5, 0.6) is 0 Å². The first-order chi connectivity index (χ1) is 13.6.